The average molecular weight is 361 g/mol. The van der Waals surface area contributed by atoms with E-state index in [1.807, 2.05) is 12.1 Å². The fourth-order valence-corrected chi connectivity index (χ4v) is 2.42. The van der Waals surface area contributed by atoms with Crippen molar-refractivity contribution in [3.63, 3.8) is 0 Å². The molecule has 5 nitrogen and oxygen atoms in total. The summed E-state index contributed by atoms with van der Waals surface area (Å²) >= 11 is 3.33. The fraction of sp³-hybridized carbons (Fsp3) is 0.125. The van der Waals surface area contributed by atoms with Crippen LogP contribution in [0.5, 0.6) is 5.75 Å². The third-order valence-corrected chi connectivity index (χ3v) is 3.94. The minimum atomic E-state index is -0.201. The number of ether oxygens (including phenoxy) is 1. The first-order chi connectivity index (χ1) is 10.5. The summed E-state index contributed by atoms with van der Waals surface area (Å²) in [7, 11) is 1.70. The highest BCUT2D eigenvalue weighted by molar-refractivity contribution is 9.10. The quantitative estimate of drug-likeness (QED) is 0.895. The summed E-state index contributed by atoms with van der Waals surface area (Å²) in [6.07, 6.45) is 0. The largest absolute Gasteiger partial charge is 0.481 e. The van der Waals surface area contributed by atoms with E-state index in [4.69, 9.17) is 4.74 Å². The van der Waals surface area contributed by atoms with Gasteiger partial charge >= 0.3 is 0 Å². The monoisotopic (exact) mass is 360 g/mol. The summed E-state index contributed by atoms with van der Waals surface area (Å²) < 4.78 is 6.32. The maximum atomic E-state index is 12.2. The third kappa shape index (κ3) is 2.82. The van der Waals surface area contributed by atoms with Crippen LogP contribution in [-0.4, -0.2) is 25.5 Å². The van der Waals surface area contributed by atoms with Crippen LogP contribution in [-0.2, 0) is 4.79 Å². The van der Waals surface area contributed by atoms with Crippen LogP contribution in [0.1, 0.15) is 10.4 Å². The van der Waals surface area contributed by atoms with Gasteiger partial charge < -0.3 is 15.0 Å². The van der Waals surface area contributed by atoms with E-state index < -0.39 is 0 Å². The van der Waals surface area contributed by atoms with Crippen molar-refractivity contribution in [1.29, 1.82) is 0 Å². The van der Waals surface area contributed by atoms with Crippen molar-refractivity contribution in [1.82, 2.24) is 0 Å². The van der Waals surface area contributed by atoms with Gasteiger partial charge in [0, 0.05) is 28.8 Å². The van der Waals surface area contributed by atoms with Gasteiger partial charge in [-0.25, -0.2) is 0 Å². The van der Waals surface area contributed by atoms with Crippen LogP contribution < -0.4 is 15.0 Å². The number of likely N-dealkylation sites (N-methyl/N-ethyl adjacent to an activating group) is 1. The molecule has 0 unspecified atom stereocenters. The van der Waals surface area contributed by atoms with Crippen molar-refractivity contribution < 1.29 is 14.3 Å². The Bertz CT molecular complexity index is 744. The molecule has 2 aromatic carbocycles. The number of hydrogen-bond donors (Lipinski definition) is 1. The highest BCUT2D eigenvalue weighted by atomic mass is 79.9. The van der Waals surface area contributed by atoms with Crippen molar-refractivity contribution in [2.24, 2.45) is 0 Å². The second kappa shape index (κ2) is 5.81. The minimum Gasteiger partial charge on any atom is -0.481 e. The van der Waals surface area contributed by atoms with Gasteiger partial charge in [-0.05, 0) is 36.4 Å². The standard InChI is InChI=1S/C16H13BrN2O3/c1-19-13-7-6-12(8-14(13)22-9-15(19)20)18-16(21)10-2-4-11(17)5-3-10/h2-8H,9H2,1H3,(H,18,21). The van der Waals surface area contributed by atoms with Gasteiger partial charge in [-0.15, -0.1) is 0 Å². The molecule has 0 aliphatic carbocycles. The van der Waals surface area contributed by atoms with Gasteiger partial charge in [0.05, 0.1) is 5.69 Å². The van der Waals surface area contributed by atoms with Gasteiger partial charge in [-0.3, -0.25) is 9.59 Å². The highest BCUT2D eigenvalue weighted by Gasteiger charge is 2.22. The molecule has 2 aromatic rings. The number of halogens is 1. The molecule has 6 heteroatoms. The predicted octanol–water partition coefficient (Wildman–Crippen LogP) is 3.06. The summed E-state index contributed by atoms with van der Waals surface area (Å²) in [5, 5.41) is 2.82. The number of amides is 2. The van der Waals surface area contributed by atoms with Crippen LogP contribution in [0.4, 0.5) is 11.4 Å². The van der Waals surface area contributed by atoms with Gasteiger partial charge in [0.2, 0.25) is 0 Å². The summed E-state index contributed by atoms with van der Waals surface area (Å²) in [6.45, 7) is 0.00755. The van der Waals surface area contributed by atoms with E-state index in [2.05, 4.69) is 21.2 Å². The van der Waals surface area contributed by atoms with Crippen LogP contribution in [0.15, 0.2) is 46.9 Å². The topological polar surface area (TPSA) is 58.6 Å². The van der Waals surface area contributed by atoms with Gasteiger partial charge in [0.15, 0.2) is 6.61 Å². The van der Waals surface area contributed by atoms with E-state index in [1.165, 1.54) is 0 Å². The lowest BCUT2D eigenvalue weighted by Crippen LogP contribution is -2.35. The Hall–Kier alpha value is -2.34. The van der Waals surface area contributed by atoms with Crippen LogP contribution >= 0.6 is 15.9 Å². The lowest BCUT2D eigenvalue weighted by Gasteiger charge is -2.26. The van der Waals surface area contributed by atoms with Crippen LogP contribution in [0.25, 0.3) is 0 Å². The summed E-state index contributed by atoms with van der Waals surface area (Å²) in [6, 6.07) is 12.3. The Morgan fingerprint density at radius 2 is 1.95 bits per heavy atom. The number of carbonyl (C=O) groups excluding carboxylic acids is 2. The zero-order valence-electron chi connectivity index (χ0n) is 11.8. The zero-order valence-corrected chi connectivity index (χ0v) is 13.4. The molecule has 112 valence electrons. The summed E-state index contributed by atoms with van der Waals surface area (Å²) in [5.41, 5.74) is 1.88. The van der Waals surface area contributed by atoms with E-state index >= 15 is 0 Å². The Morgan fingerprint density at radius 1 is 1.23 bits per heavy atom. The van der Waals surface area contributed by atoms with Crippen molar-refractivity contribution in [2.45, 2.75) is 0 Å². The molecule has 1 heterocycles. The smallest absolute Gasteiger partial charge is 0.264 e. The van der Waals surface area contributed by atoms with Gasteiger partial charge in [-0.2, -0.15) is 0 Å². The molecule has 1 aliphatic heterocycles. The van der Waals surface area contributed by atoms with E-state index in [-0.39, 0.29) is 18.4 Å². The Balaban J connectivity index is 1.80. The number of carbonyl (C=O) groups is 2. The Morgan fingerprint density at radius 3 is 2.68 bits per heavy atom. The number of nitrogens with one attached hydrogen (secondary N) is 1. The fourth-order valence-electron chi connectivity index (χ4n) is 2.16. The predicted molar refractivity (Wildman–Crippen MR) is 87.4 cm³/mol. The molecule has 0 bridgehead atoms. The number of fused-ring (bicyclic) bond motifs is 1. The van der Waals surface area contributed by atoms with Gasteiger partial charge in [0.1, 0.15) is 5.75 Å². The summed E-state index contributed by atoms with van der Waals surface area (Å²) in [4.78, 5) is 25.3. The van der Waals surface area contributed by atoms with Crippen molar-refractivity contribution in [2.75, 3.05) is 23.9 Å². The number of benzene rings is 2. The molecule has 0 aromatic heterocycles. The molecular formula is C16H13BrN2O3. The van der Waals surface area contributed by atoms with Crippen molar-refractivity contribution in [3.8, 4) is 5.75 Å². The van der Waals surface area contributed by atoms with E-state index in [1.54, 1.807) is 42.3 Å². The van der Waals surface area contributed by atoms with E-state index in [0.29, 0.717) is 22.7 Å². The first kappa shape index (κ1) is 14.6. The number of nitrogens with zero attached hydrogens (tertiary/aromatic N) is 1. The molecule has 22 heavy (non-hydrogen) atoms. The Labute approximate surface area is 136 Å². The maximum Gasteiger partial charge on any atom is 0.264 e. The first-order valence-corrected chi connectivity index (χ1v) is 7.44. The molecular weight excluding hydrogens is 348 g/mol. The lowest BCUT2D eigenvalue weighted by molar-refractivity contribution is -0.120. The molecule has 0 fully saturated rings. The molecule has 3 rings (SSSR count). The second-order valence-electron chi connectivity index (χ2n) is 4.88. The number of anilines is 2. The molecule has 2 amide bonds. The third-order valence-electron chi connectivity index (χ3n) is 3.41. The van der Waals surface area contributed by atoms with Crippen molar-refractivity contribution in [3.05, 3.63) is 52.5 Å². The van der Waals surface area contributed by atoms with E-state index in [0.717, 1.165) is 4.47 Å². The zero-order chi connectivity index (χ0) is 15.7. The van der Waals surface area contributed by atoms with Crippen LogP contribution in [0.3, 0.4) is 0 Å². The minimum absolute atomic E-state index is 0.00755. The molecule has 1 aliphatic rings. The molecule has 0 atom stereocenters. The SMILES string of the molecule is CN1C(=O)COc2cc(NC(=O)c3ccc(Br)cc3)ccc21. The number of hydrogen-bond acceptors (Lipinski definition) is 3. The molecule has 0 spiro atoms. The maximum absolute atomic E-state index is 12.2. The first-order valence-electron chi connectivity index (χ1n) is 6.65. The number of rotatable bonds is 2. The molecule has 0 saturated carbocycles. The average Bonchev–Trinajstić information content (AvgIpc) is 2.51. The van der Waals surface area contributed by atoms with Gasteiger partial charge in [0.25, 0.3) is 11.8 Å². The molecule has 0 saturated heterocycles. The lowest BCUT2D eigenvalue weighted by atomic mass is 10.2. The highest BCUT2D eigenvalue weighted by Crippen LogP contribution is 2.33. The van der Waals surface area contributed by atoms with Crippen LogP contribution in [0, 0.1) is 0 Å². The Kier molecular flexibility index (Phi) is 3.85. The second-order valence-corrected chi connectivity index (χ2v) is 5.80. The van der Waals surface area contributed by atoms with E-state index in [9.17, 15) is 9.59 Å². The van der Waals surface area contributed by atoms with Crippen molar-refractivity contribution >= 4 is 39.1 Å². The normalized spacial score (nSPS) is 13.4. The van der Waals surface area contributed by atoms with Crippen LogP contribution in [0.2, 0.25) is 0 Å². The molecule has 0 radical (unpaired) electrons. The summed E-state index contributed by atoms with van der Waals surface area (Å²) in [5.74, 6) is 0.280. The molecule has 1 N–H and O–H groups in total. The van der Waals surface area contributed by atoms with Gasteiger partial charge in [-0.1, -0.05) is 15.9 Å².